The fourth-order valence-electron chi connectivity index (χ4n) is 2.28. The minimum absolute atomic E-state index is 0.242. The highest BCUT2D eigenvalue weighted by Crippen LogP contribution is 2.29. The lowest BCUT2D eigenvalue weighted by atomic mass is 9.93. The summed E-state index contributed by atoms with van der Waals surface area (Å²) in [6.07, 6.45) is 3.76. The molecule has 1 aromatic heterocycles. The number of anilines is 2. The molecule has 19 heavy (non-hydrogen) atoms. The second-order valence-corrected chi connectivity index (χ2v) is 5.02. The molecule has 7 nitrogen and oxygen atoms in total. The van der Waals surface area contributed by atoms with Gasteiger partial charge >= 0.3 is 0 Å². The van der Waals surface area contributed by atoms with Crippen LogP contribution in [0, 0.1) is 5.92 Å². The first-order valence-corrected chi connectivity index (χ1v) is 6.50. The molecule has 0 aromatic carbocycles. The van der Waals surface area contributed by atoms with Crippen LogP contribution in [-0.4, -0.2) is 29.0 Å². The first-order valence-electron chi connectivity index (χ1n) is 6.12. The van der Waals surface area contributed by atoms with Crippen LogP contribution in [0.5, 0.6) is 0 Å². The minimum Gasteiger partial charge on any atom is -0.370 e. The van der Waals surface area contributed by atoms with Gasteiger partial charge in [-0.3, -0.25) is 10.2 Å². The van der Waals surface area contributed by atoms with Crippen LogP contribution in [0.2, 0.25) is 5.02 Å². The molecule has 1 aliphatic heterocycles. The number of piperidine rings is 1. The molecule has 1 aromatic rings. The number of halogens is 1. The number of nitrogens with one attached hydrogen (secondary N) is 1. The predicted octanol–water partition coefficient (Wildman–Crippen LogP) is 0.507. The SMILES string of the molecule is NNc1ncc(Cl)c(N2CCC(CC(N)=O)CC2)n1. The smallest absolute Gasteiger partial charge is 0.239 e. The molecule has 2 rings (SSSR count). The first-order chi connectivity index (χ1) is 9.10. The van der Waals surface area contributed by atoms with E-state index >= 15 is 0 Å². The van der Waals surface area contributed by atoms with E-state index in [1.54, 1.807) is 0 Å². The highest BCUT2D eigenvalue weighted by Gasteiger charge is 2.23. The summed E-state index contributed by atoms with van der Waals surface area (Å²) in [7, 11) is 0. The summed E-state index contributed by atoms with van der Waals surface area (Å²) in [5.41, 5.74) is 7.61. The van der Waals surface area contributed by atoms with Crippen LogP contribution in [0.1, 0.15) is 19.3 Å². The predicted molar refractivity (Wildman–Crippen MR) is 73.6 cm³/mol. The van der Waals surface area contributed by atoms with Crippen molar-refractivity contribution in [3.63, 3.8) is 0 Å². The minimum atomic E-state index is -0.242. The zero-order chi connectivity index (χ0) is 13.8. The number of rotatable bonds is 4. The first kappa shape index (κ1) is 13.8. The van der Waals surface area contributed by atoms with E-state index in [1.807, 2.05) is 0 Å². The zero-order valence-electron chi connectivity index (χ0n) is 10.5. The van der Waals surface area contributed by atoms with Crippen molar-refractivity contribution in [2.45, 2.75) is 19.3 Å². The molecule has 1 saturated heterocycles. The number of amides is 1. The van der Waals surface area contributed by atoms with Crippen molar-refractivity contribution in [3.8, 4) is 0 Å². The number of hydrazine groups is 1. The van der Waals surface area contributed by atoms with Crippen molar-refractivity contribution < 1.29 is 4.79 Å². The van der Waals surface area contributed by atoms with Crippen molar-refractivity contribution in [2.24, 2.45) is 17.5 Å². The summed E-state index contributed by atoms with van der Waals surface area (Å²) >= 11 is 6.10. The van der Waals surface area contributed by atoms with Gasteiger partial charge in [-0.05, 0) is 18.8 Å². The zero-order valence-corrected chi connectivity index (χ0v) is 11.2. The molecule has 8 heteroatoms. The molecule has 5 N–H and O–H groups in total. The van der Waals surface area contributed by atoms with Crippen LogP contribution in [0.25, 0.3) is 0 Å². The molecule has 1 amide bonds. The number of primary amides is 1. The average Bonchev–Trinajstić information content (AvgIpc) is 2.40. The Kier molecular flexibility index (Phi) is 4.39. The Morgan fingerprint density at radius 2 is 2.21 bits per heavy atom. The van der Waals surface area contributed by atoms with Gasteiger partial charge in [0.25, 0.3) is 0 Å². The van der Waals surface area contributed by atoms with E-state index in [9.17, 15) is 4.79 Å². The summed E-state index contributed by atoms with van der Waals surface area (Å²) < 4.78 is 0. The third-order valence-corrected chi connectivity index (χ3v) is 3.53. The van der Waals surface area contributed by atoms with Crippen molar-refractivity contribution in [3.05, 3.63) is 11.2 Å². The van der Waals surface area contributed by atoms with Gasteiger partial charge in [0.1, 0.15) is 5.02 Å². The van der Waals surface area contributed by atoms with Gasteiger partial charge in [-0.15, -0.1) is 0 Å². The van der Waals surface area contributed by atoms with Crippen LogP contribution in [-0.2, 0) is 4.79 Å². The second-order valence-electron chi connectivity index (χ2n) is 4.61. The van der Waals surface area contributed by atoms with Gasteiger partial charge in [0.05, 0.1) is 6.20 Å². The van der Waals surface area contributed by atoms with Crippen LogP contribution < -0.4 is 21.9 Å². The Labute approximate surface area is 116 Å². The number of carbonyl (C=O) groups excluding carboxylic acids is 1. The lowest BCUT2D eigenvalue weighted by Crippen LogP contribution is -2.36. The molecule has 0 saturated carbocycles. The molecule has 2 heterocycles. The highest BCUT2D eigenvalue weighted by atomic mass is 35.5. The van der Waals surface area contributed by atoms with Crippen LogP contribution in [0.3, 0.4) is 0 Å². The molecule has 0 unspecified atom stereocenters. The summed E-state index contributed by atoms with van der Waals surface area (Å²) in [5, 5.41) is 0.493. The molecular weight excluding hydrogens is 268 g/mol. The Bertz CT molecular complexity index is 460. The lowest BCUT2D eigenvalue weighted by Gasteiger charge is -2.32. The van der Waals surface area contributed by atoms with Crippen LogP contribution >= 0.6 is 11.6 Å². The molecule has 0 aliphatic carbocycles. The molecule has 0 spiro atoms. The molecule has 0 atom stereocenters. The monoisotopic (exact) mass is 284 g/mol. The van der Waals surface area contributed by atoms with Gasteiger partial charge in [-0.25, -0.2) is 10.8 Å². The number of nitrogens with zero attached hydrogens (tertiary/aromatic N) is 3. The van der Waals surface area contributed by atoms with Gasteiger partial charge in [0.15, 0.2) is 5.82 Å². The Hall–Kier alpha value is -1.60. The van der Waals surface area contributed by atoms with Crippen molar-refractivity contribution in [1.29, 1.82) is 0 Å². The van der Waals surface area contributed by atoms with Crippen molar-refractivity contribution in [1.82, 2.24) is 9.97 Å². The third-order valence-electron chi connectivity index (χ3n) is 3.26. The number of nitrogen functional groups attached to an aromatic ring is 1. The van der Waals surface area contributed by atoms with E-state index in [2.05, 4.69) is 20.3 Å². The average molecular weight is 285 g/mol. The van der Waals surface area contributed by atoms with Crippen molar-refractivity contribution >= 4 is 29.3 Å². The largest absolute Gasteiger partial charge is 0.370 e. The standard InChI is InChI=1S/C11H17ClN6O/c12-8-6-15-11(17-14)16-10(8)18-3-1-7(2-4-18)5-9(13)19/h6-7H,1-5,14H2,(H2,13,19)(H,15,16,17). The van der Waals surface area contributed by atoms with E-state index in [-0.39, 0.29) is 5.91 Å². The van der Waals surface area contributed by atoms with Gasteiger partial charge in [0, 0.05) is 19.5 Å². The van der Waals surface area contributed by atoms with E-state index in [0.29, 0.717) is 29.1 Å². The maximum absolute atomic E-state index is 10.9. The summed E-state index contributed by atoms with van der Waals surface area (Å²) in [5.74, 6) is 6.39. The van der Waals surface area contributed by atoms with Gasteiger partial charge in [0.2, 0.25) is 11.9 Å². The molecule has 0 radical (unpaired) electrons. The quantitative estimate of drug-likeness (QED) is 0.549. The summed E-state index contributed by atoms with van der Waals surface area (Å²) in [4.78, 5) is 21.2. The number of hydrogen-bond donors (Lipinski definition) is 3. The maximum Gasteiger partial charge on any atom is 0.239 e. The molecule has 1 fully saturated rings. The van der Waals surface area contributed by atoms with Crippen LogP contribution in [0.4, 0.5) is 11.8 Å². The molecular formula is C11H17ClN6O. The molecule has 0 bridgehead atoms. The second kappa shape index (κ2) is 6.03. The highest BCUT2D eigenvalue weighted by molar-refractivity contribution is 6.32. The summed E-state index contributed by atoms with van der Waals surface area (Å²) in [6, 6.07) is 0. The topological polar surface area (TPSA) is 110 Å². The van der Waals surface area contributed by atoms with E-state index in [1.165, 1.54) is 6.20 Å². The Morgan fingerprint density at radius 3 is 2.79 bits per heavy atom. The van der Waals surface area contributed by atoms with E-state index < -0.39 is 0 Å². The fraction of sp³-hybridized carbons (Fsp3) is 0.545. The van der Waals surface area contributed by atoms with Crippen LogP contribution in [0.15, 0.2) is 6.20 Å². The van der Waals surface area contributed by atoms with Gasteiger partial charge < -0.3 is 10.6 Å². The van der Waals surface area contributed by atoms with E-state index in [0.717, 1.165) is 25.9 Å². The number of aromatic nitrogens is 2. The molecule has 1 aliphatic rings. The van der Waals surface area contributed by atoms with Gasteiger partial charge in [-0.1, -0.05) is 11.6 Å². The maximum atomic E-state index is 10.9. The third kappa shape index (κ3) is 3.45. The Balaban J connectivity index is 2.03. The lowest BCUT2D eigenvalue weighted by molar-refractivity contribution is -0.119. The Morgan fingerprint density at radius 1 is 1.53 bits per heavy atom. The number of carbonyl (C=O) groups is 1. The number of hydrogen-bond acceptors (Lipinski definition) is 6. The summed E-state index contributed by atoms with van der Waals surface area (Å²) in [6.45, 7) is 1.58. The fourth-order valence-corrected chi connectivity index (χ4v) is 2.49. The number of nitrogens with two attached hydrogens (primary N) is 2. The molecule has 104 valence electrons. The van der Waals surface area contributed by atoms with Crippen molar-refractivity contribution in [2.75, 3.05) is 23.4 Å². The normalized spacial score (nSPS) is 16.4. The van der Waals surface area contributed by atoms with Gasteiger partial charge in [-0.2, -0.15) is 4.98 Å². The van der Waals surface area contributed by atoms with E-state index in [4.69, 9.17) is 23.2 Å².